The summed E-state index contributed by atoms with van der Waals surface area (Å²) in [5, 5.41) is 0. The smallest absolute Gasteiger partial charge is 0.0568 e. The Morgan fingerprint density at radius 2 is 1.63 bits per heavy atom. The summed E-state index contributed by atoms with van der Waals surface area (Å²) in [7, 11) is 0. The van der Waals surface area contributed by atoms with Crippen molar-refractivity contribution >= 4 is 0 Å². The lowest BCUT2D eigenvalue weighted by atomic mass is 10.1. The Kier molecular flexibility index (Phi) is 6.79. The molecule has 0 aliphatic heterocycles. The van der Waals surface area contributed by atoms with Crippen molar-refractivity contribution in [3.8, 4) is 0 Å². The minimum atomic E-state index is 0.0474. The molecule has 0 saturated carbocycles. The zero-order chi connectivity index (χ0) is 14.1. The van der Waals surface area contributed by atoms with Gasteiger partial charge in [-0.1, -0.05) is 43.3 Å². The first-order valence-corrected chi connectivity index (χ1v) is 6.62. The molecule has 1 aromatic heterocycles. The summed E-state index contributed by atoms with van der Waals surface area (Å²) in [5.74, 6) is 0. The number of nitrogens with zero attached hydrogens (tertiary/aromatic N) is 1. The lowest BCUT2D eigenvalue weighted by molar-refractivity contribution is 0.699. The van der Waals surface area contributed by atoms with Crippen molar-refractivity contribution in [3.63, 3.8) is 0 Å². The minimum absolute atomic E-state index is 0.0474. The second-order valence-electron chi connectivity index (χ2n) is 4.47. The van der Waals surface area contributed by atoms with Crippen molar-refractivity contribution in [1.29, 1.82) is 0 Å². The lowest BCUT2D eigenvalue weighted by Crippen LogP contribution is -2.07. The van der Waals surface area contributed by atoms with Gasteiger partial charge in [0.05, 0.1) is 5.69 Å². The SMILES string of the molecule is CC(N)c1ccccn1.CCC(N)c1ccccc1. The molecule has 0 amide bonds. The first-order chi connectivity index (χ1) is 9.15. The Bertz CT molecular complexity index is 440. The van der Waals surface area contributed by atoms with Crippen LogP contribution in [-0.2, 0) is 0 Å². The van der Waals surface area contributed by atoms with E-state index >= 15 is 0 Å². The fourth-order valence-electron chi connectivity index (χ4n) is 1.58. The van der Waals surface area contributed by atoms with Crippen LogP contribution < -0.4 is 11.5 Å². The fraction of sp³-hybridized carbons (Fsp3) is 0.312. The number of hydrogen-bond acceptors (Lipinski definition) is 3. The molecule has 4 N–H and O–H groups in total. The van der Waals surface area contributed by atoms with Crippen LogP contribution in [0.15, 0.2) is 54.7 Å². The molecular weight excluding hydrogens is 234 g/mol. The van der Waals surface area contributed by atoms with Crippen LogP contribution in [0.5, 0.6) is 0 Å². The van der Waals surface area contributed by atoms with E-state index in [2.05, 4.69) is 24.0 Å². The van der Waals surface area contributed by atoms with Crippen molar-refractivity contribution in [2.75, 3.05) is 0 Å². The van der Waals surface area contributed by atoms with Crippen LogP contribution in [0, 0.1) is 0 Å². The summed E-state index contributed by atoms with van der Waals surface area (Å²) < 4.78 is 0. The van der Waals surface area contributed by atoms with Gasteiger partial charge in [-0.3, -0.25) is 4.98 Å². The van der Waals surface area contributed by atoms with Crippen LogP contribution in [0.3, 0.4) is 0 Å². The molecular formula is C16H23N3. The third-order valence-corrected chi connectivity index (χ3v) is 2.82. The number of rotatable bonds is 3. The maximum atomic E-state index is 5.79. The van der Waals surface area contributed by atoms with E-state index in [1.165, 1.54) is 5.56 Å². The Balaban J connectivity index is 0.000000191. The number of hydrogen-bond donors (Lipinski definition) is 2. The Hall–Kier alpha value is -1.71. The maximum absolute atomic E-state index is 5.79. The second kappa shape index (κ2) is 8.40. The van der Waals surface area contributed by atoms with E-state index in [-0.39, 0.29) is 12.1 Å². The van der Waals surface area contributed by atoms with Gasteiger partial charge in [-0.25, -0.2) is 0 Å². The molecule has 2 aromatic rings. The van der Waals surface area contributed by atoms with Gasteiger partial charge in [0.2, 0.25) is 0 Å². The van der Waals surface area contributed by atoms with Crippen molar-refractivity contribution in [3.05, 3.63) is 66.0 Å². The monoisotopic (exact) mass is 257 g/mol. The average molecular weight is 257 g/mol. The first kappa shape index (κ1) is 15.3. The molecule has 3 heteroatoms. The molecule has 2 atom stereocenters. The molecule has 0 fully saturated rings. The lowest BCUT2D eigenvalue weighted by Gasteiger charge is -2.06. The van der Waals surface area contributed by atoms with Crippen LogP contribution in [-0.4, -0.2) is 4.98 Å². The highest BCUT2D eigenvalue weighted by Crippen LogP contribution is 2.11. The Labute approximate surface area is 115 Å². The minimum Gasteiger partial charge on any atom is -0.324 e. The molecule has 1 aromatic carbocycles. The normalized spacial score (nSPS) is 13.1. The van der Waals surface area contributed by atoms with E-state index in [4.69, 9.17) is 11.5 Å². The number of pyridine rings is 1. The zero-order valence-corrected chi connectivity index (χ0v) is 11.7. The topological polar surface area (TPSA) is 64.9 Å². The van der Waals surface area contributed by atoms with Gasteiger partial charge in [-0.05, 0) is 31.0 Å². The quantitative estimate of drug-likeness (QED) is 0.887. The molecule has 2 unspecified atom stereocenters. The molecule has 0 saturated heterocycles. The van der Waals surface area contributed by atoms with Crippen LogP contribution in [0.25, 0.3) is 0 Å². The molecule has 0 aliphatic rings. The van der Waals surface area contributed by atoms with Gasteiger partial charge in [0, 0.05) is 18.3 Å². The van der Waals surface area contributed by atoms with E-state index in [0.717, 1.165) is 12.1 Å². The summed E-state index contributed by atoms with van der Waals surface area (Å²) in [6, 6.07) is 16.2. The van der Waals surface area contributed by atoms with E-state index in [1.807, 2.05) is 43.3 Å². The molecule has 19 heavy (non-hydrogen) atoms. The van der Waals surface area contributed by atoms with Crippen LogP contribution in [0.1, 0.15) is 43.6 Å². The van der Waals surface area contributed by atoms with Crippen molar-refractivity contribution in [2.45, 2.75) is 32.4 Å². The summed E-state index contributed by atoms with van der Waals surface area (Å²) in [6.45, 7) is 4.01. The first-order valence-electron chi connectivity index (χ1n) is 6.62. The highest BCUT2D eigenvalue weighted by atomic mass is 14.7. The predicted octanol–water partition coefficient (Wildman–Crippen LogP) is 3.20. The summed E-state index contributed by atoms with van der Waals surface area (Å²) in [6.07, 6.45) is 2.75. The van der Waals surface area contributed by atoms with Gasteiger partial charge in [0.1, 0.15) is 0 Å². The standard InChI is InChI=1S/C9H13N.C7H10N2/c1-2-9(10)8-6-4-3-5-7-8;1-6(8)7-4-2-3-5-9-7/h3-7,9H,2,10H2,1H3;2-6H,8H2,1H3. The van der Waals surface area contributed by atoms with Crippen molar-refractivity contribution in [2.24, 2.45) is 11.5 Å². The van der Waals surface area contributed by atoms with Gasteiger partial charge in [-0.2, -0.15) is 0 Å². The van der Waals surface area contributed by atoms with Crippen LogP contribution >= 0.6 is 0 Å². The van der Waals surface area contributed by atoms with Gasteiger partial charge in [0.15, 0.2) is 0 Å². The number of benzene rings is 1. The summed E-state index contributed by atoms with van der Waals surface area (Å²) in [4.78, 5) is 4.05. The highest BCUT2D eigenvalue weighted by molar-refractivity contribution is 5.17. The molecule has 0 spiro atoms. The Morgan fingerprint density at radius 1 is 1.00 bits per heavy atom. The van der Waals surface area contributed by atoms with Gasteiger partial charge in [-0.15, -0.1) is 0 Å². The van der Waals surface area contributed by atoms with E-state index in [1.54, 1.807) is 6.20 Å². The third kappa shape index (κ3) is 5.64. The van der Waals surface area contributed by atoms with Gasteiger partial charge >= 0.3 is 0 Å². The van der Waals surface area contributed by atoms with Gasteiger partial charge in [0.25, 0.3) is 0 Å². The number of aromatic nitrogens is 1. The van der Waals surface area contributed by atoms with Crippen LogP contribution in [0.4, 0.5) is 0 Å². The largest absolute Gasteiger partial charge is 0.324 e. The van der Waals surface area contributed by atoms with E-state index in [0.29, 0.717) is 0 Å². The van der Waals surface area contributed by atoms with E-state index < -0.39 is 0 Å². The molecule has 0 aliphatic carbocycles. The van der Waals surface area contributed by atoms with Crippen molar-refractivity contribution in [1.82, 2.24) is 4.98 Å². The molecule has 3 nitrogen and oxygen atoms in total. The summed E-state index contributed by atoms with van der Waals surface area (Å²) >= 11 is 0. The van der Waals surface area contributed by atoms with Crippen LogP contribution in [0.2, 0.25) is 0 Å². The van der Waals surface area contributed by atoms with E-state index in [9.17, 15) is 0 Å². The Morgan fingerprint density at radius 3 is 2.05 bits per heavy atom. The predicted molar refractivity (Wildman–Crippen MR) is 80.5 cm³/mol. The molecule has 1 heterocycles. The molecule has 0 radical (unpaired) electrons. The fourth-order valence-corrected chi connectivity index (χ4v) is 1.58. The second-order valence-corrected chi connectivity index (χ2v) is 4.47. The van der Waals surface area contributed by atoms with Crippen molar-refractivity contribution < 1.29 is 0 Å². The van der Waals surface area contributed by atoms with Gasteiger partial charge < -0.3 is 11.5 Å². The molecule has 2 rings (SSSR count). The highest BCUT2D eigenvalue weighted by Gasteiger charge is 1.99. The molecule has 102 valence electrons. The average Bonchev–Trinajstić information content (AvgIpc) is 2.49. The summed E-state index contributed by atoms with van der Waals surface area (Å²) in [5.41, 5.74) is 13.5. The zero-order valence-electron chi connectivity index (χ0n) is 11.7. The maximum Gasteiger partial charge on any atom is 0.0568 e. The third-order valence-electron chi connectivity index (χ3n) is 2.82. The number of nitrogens with two attached hydrogens (primary N) is 2. The molecule has 0 bridgehead atoms.